The van der Waals surface area contributed by atoms with Gasteiger partial charge in [-0.15, -0.1) is 0 Å². The van der Waals surface area contributed by atoms with Crippen molar-refractivity contribution in [2.45, 2.75) is 13.5 Å². The van der Waals surface area contributed by atoms with Crippen LogP contribution in [0.25, 0.3) is 4.72 Å². The van der Waals surface area contributed by atoms with Crippen LogP contribution in [0.5, 0.6) is 5.75 Å². The van der Waals surface area contributed by atoms with Gasteiger partial charge in [0.1, 0.15) is 12.3 Å². The Balaban J connectivity index is 2.23. The van der Waals surface area contributed by atoms with Crippen LogP contribution >= 0.6 is 0 Å². The summed E-state index contributed by atoms with van der Waals surface area (Å²) < 4.78 is 30.4. The molecule has 2 N–H and O–H groups in total. The summed E-state index contributed by atoms with van der Waals surface area (Å²) in [4.78, 5) is 0. The van der Waals surface area contributed by atoms with Crippen molar-refractivity contribution in [3.63, 3.8) is 0 Å². The zero-order chi connectivity index (χ0) is 13.4. The van der Waals surface area contributed by atoms with Gasteiger partial charge in [0.2, 0.25) is 0 Å². The second-order valence-electron chi connectivity index (χ2n) is 3.94. The fraction of sp³-hybridized carbons (Fsp3) is 0.500. The summed E-state index contributed by atoms with van der Waals surface area (Å²) in [6.07, 6.45) is 1.11. The molecule has 102 valence electrons. The first kappa shape index (κ1) is 14.9. The molecule has 0 saturated heterocycles. The molecule has 0 amide bonds. The Morgan fingerprint density at radius 3 is 2.50 bits per heavy atom. The van der Waals surface area contributed by atoms with Crippen molar-refractivity contribution in [1.82, 2.24) is 0 Å². The van der Waals surface area contributed by atoms with Crippen molar-refractivity contribution in [2.24, 2.45) is 0 Å². The van der Waals surface area contributed by atoms with Gasteiger partial charge in [-0.25, -0.2) is 8.42 Å². The predicted octanol–water partition coefficient (Wildman–Crippen LogP) is 0.482. The molecule has 5 nitrogen and oxygen atoms in total. The molecule has 1 aromatic rings. The predicted molar refractivity (Wildman–Crippen MR) is 71.2 cm³/mol. The molecular weight excluding hydrogens is 252 g/mol. The van der Waals surface area contributed by atoms with E-state index in [0.717, 1.165) is 18.6 Å². The average Bonchev–Trinajstić information content (AvgIpc) is 2.30. The second kappa shape index (κ2) is 7.35. The maximum absolute atomic E-state index is 10.8. The van der Waals surface area contributed by atoms with Crippen molar-refractivity contribution in [3.05, 3.63) is 34.6 Å². The summed E-state index contributed by atoms with van der Waals surface area (Å²) in [7, 11) is -3.19. The van der Waals surface area contributed by atoms with E-state index in [9.17, 15) is 8.42 Å². The Labute approximate surface area is 109 Å². The molecule has 0 radical (unpaired) electrons. The molecule has 0 aliphatic heterocycles. The van der Waals surface area contributed by atoms with E-state index in [0.29, 0.717) is 19.7 Å². The Morgan fingerprint density at radius 1 is 1.28 bits per heavy atom. The molecule has 0 aliphatic rings. The van der Waals surface area contributed by atoms with E-state index >= 15 is 0 Å². The summed E-state index contributed by atoms with van der Waals surface area (Å²) in [5.74, 6) is 0.869. The standard InChI is InChI=1S/C12H19N2O3S/c1-3-17-12-6-4-11(5-7-12)10-13-8-9-14-18(2,15)16/h4-7,13H,3,8-10H2,1-2H3/q-1/p+1. The highest BCUT2D eigenvalue weighted by atomic mass is 32.2. The third-order valence-electron chi connectivity index (χ3n) is 2.27. The second-order valence-corrected chi connectivity index (χ2v) is 5.67. The minimum absolute atomic E-state index is 0.329. The van der Waals surface area contributed by atoms with Gasteiger partial charge in [-0.1, -0.05) is 6.54 Å². The molecule has 0 fully saturated rings. The van der Waals surface area contributed by atoms with Crippen LogP contribution in [0.15, 0.2) is 24.3 Å². The lowest BCUT2D eigenvalue weighted by molar-refractivity contribution is -0.667. The van der Waals surface area contributed by atoms with Crippen LogP contribution in [-0.2, 0) is 16.6 Å². The van der Waals surface area contributed by atoms with Gasteiger partial charge in [-0.2, -0.15) is 0 Å². The summed E-state index contributed by atoms with van der Waals surface area (Å²) in [5.41, 5.74) is 1.18. The summed E-state index contributed by atoms with van der Waals surface area (Å²) in [5, 5.41) is 2.03. The van der Waals surface area contributed by atoms with Gasteiger partial charge in [-0.05, 0) is 31.2 Å². The fourth-order valence-electron chi connectivity index (χ4n) is 1.47. The first-order valence-corrected chi connectivity index (χ1v) is 7.78. The van der Waals surface area contributed by atoms with Crippen molar-refractivity contribution in [3.8, 4) is 5.75 Å². The molecule has 1 aromatic carbocycles. The highest BCUT2D eigenvalue weighted by Gasteiger charge is 1.96. The van der Waals surface area contributed by atoms with E-state index in [2.05, 4.69) is 4.72 Å². The van der Waals surface area contributed by atoms with Crippen molar-refractivity contribution in [1.29, 1.82) is 0 Å². The van der Waals surface area contributed by atoms with E-state index < -0.39 is 10.0 Å². The summed E-state index contributed by atoms with van der Waals surface area (Å²) in [6, 6.07) is 7.89. The van der Waals surface area contributed by atoms with Crippen LogP contribution in [0.1, 0.15) is 12.5 Å². The van der Waals surface area contributed by atoms with Crippen LogP contribution in [-0.4, -0.2) is 34.4 Å². The van der Waals surface area contributed by atoms with Crippen LogP contribution in [0.4, 0.5) is 0 Å². The number of hydrogen-bond acceptors (Lipinski definition) is 3. The number of sulfonamides is 1. The van der Waals surface area contributed by atoms with Crippen LogP contribution < -0.4 is 10.1 Å². The Kier molecular flexibility index (Phi) is 6.11. The first-order valence-electron chi connectivity index (χ1n) is 5.93. The molecule has 0 bridgehead atoms. The highest BCUT2D eigenvalue weighted by molar-refractivity contribution is 7.93. The van der Waals surface area contributed by atoms with E-state index in [1.807, 2.05) is 36.5 Å². The third kappa shape index (κ3) is 6.58. The third-order valence-corrected chi connectivity index (χ3v) is 2.93. The maximum Gasteiger partial charge on any atom is 0.119 e. The number of nitrogens with zero attached hydrogens (tertiary/aromatic N) is 1. The molecule has 6 heteroatoms. The van der Waals surface area contributed by atoms with Gasteiger partial charge in [0, 0.05) is 11.8 Å². The van der Waals surface area contributed by atoms with Gasteiger partial charge < -0.3 is 14.8 Å². The fourth-order valence-corrected chi connectivity index (χ4v) is 1.90. The van der Waals surface area contributed by atoms with Gasteiger partial charge in [0.05, 0.1) is 23.2 Å². The van der Waals surface area contributed by atoms with Crippen molar-refractivity contribution < 1.29 is 18.5 Å². The van der Waals surface area contributed by atoms with E-state index in [-0.39, 0.29) is 0 Å². The van der Waals surface area contributed by atoms with Crippen LogP contribution in [0.3, 0.4) is 0 Å². The van der Waals surface area contributed by atoms with Gasteiger partial charge in [0.25, 0.3) is 0 Å². The molecule has 0 unspecified atom stereocenters. The van der Waals surface area contributed by atoms with Crippen LogP contribution in [0.2, 0.25) is 0 Å². The number of benzene rings is 1. The minimum Gasteiger partial charge on any atom is -0.545 e. The number of hydrogen-bond donors (Lipinski definition) is 1. The number of quaternary nitrogens is 1. The molecule has 18 heavy (non-hydrogen) atoms. The lowest BCUT2D eigenvalue weighted by Gasteiger charge is -2.14. The van der Waals surface area contributed by atoms with E-state index in [1.54, 1.807) is 0 Å². The molecular formula is C12H20N2O3S. The minimum atomic E-state index is -3.19. The maximum atomic E-state index is 10.8. The lowest BCUT2D eigenvalue weighted by atomic mass is 10.2. The zero-order valence-electron chi connectivity index (χ0n) is 10.8. The molecule has 0 aliphatic carbocycles. The molecule has 0 aromatic heterocycles. The number of ether oxygens (including phenoxy) is 1. The average molecular weight is 272 g/mol. The lowest BCUT2D eigenvalue weighted by Crippen LogP contribution is -2.83. The molecule has 0 atom stereocenters. The molecule has 0 heterocycles. The Bertz CT molecular complexity index is 443. The van der Waals surface area contributed by atoms with Gasteiger partial charge in [-0.3, -0.25) is 0 Å². The highest BCUT2D eigenvalue weighted by Crippen LogP contribution is 2.11. The summed E-state index contributed by atoms with van der Waals surface area (Å²) >= 11 is 0. The van der Waals surface area contributed by atoms with Gasteiger partial charge >= 0.3 is 0 Å². The molecule has 1 rings (SSSR count). The van der Waals surface area contributed by atoms with Crippen molar-refractivity contribution >= 4 is 10.0 Å². The monoisotopic (exact) mass is 272 g/mol. The number of nitrogens with two attached hydrogens (primary N) is 1. The Morgan fingerprint density at radius 2 is 1.94 bits per heavy atom. The normalized spacial score (nSPS) is 11.4. The first-order chi connectivity index (χ1) is 8.51. The number of rotatable bonds is 8. The quantitative estimate of drug-likeness (QED) is 0.700. The zero-order valence-corrected chi connectivity index (χ0v) is 11.6. The summed E-state index contributed by atoms with van der Waals surface area (Å²) in [6.45, 7) is 4.42. The molecule has 0 spiro atoms. The Hall–Kier alpha value is -1.11. The van der Waals surface area contributed by atoms with Crippen LogP contribution in [0, 0.1) is 0 Å². The SMILES string of the molecule is CCOc1ccc(C[NH2+]CC[N-]S(C)(=O)=O)cc1. The topological polar surface area (TPSA) is 74.1 Å². The van der Waals surface area contributed by atoms with Crippen molar-refractivity contribution in [2.75, 3.05) is 26.0 Å². The van der Waals surface area contributed by atoms with E-state index in [4.69, 9.17) is 4.74 Å². The largest absolute Gasteiger partial charge is 0.545 e. The van der Waals surface area contributed by atoms with Gasteiger partial charge in [0.15, 0.2) is 0 Å². The van der Waals surface area contributed by atoms with E-state index in [1.165, 1.54) is 5.56 Å². The molecule has 0 saturated carbocycles. The smallest absolute Gasteiger partial charge is 0.119 e.